The van der Waals surface area contributed by atoms with Crippen LogP contribution in [0.15, 0.2) is 59.5 Å². The fourth-order valence-electron chi connectivity index (χ4n) is 4.45. The Morgan fingerprint density at radius 1 is 1.04 bits per heavy atom. The van der Waals surface area contributed by atoms with Crippen molar-refractivity contribution in [3.05, 3.63) is 58.2 Å². The van der Waals surface area contributed by atoms with Gasteiger partial charge in [0, 0.05) is 9.61 Å². The van der Waals surface area contributed by atoms with Crippen LogP contribution < -0.4 is 9.62 Å². The summed E-state index contributed by atoms with van der Waals surface area (Å²) in [5.74, 6) is 1.03. The lowest BCUT2D eigenvalue weighted by Gasteiger charge is -2.27. The van der Waals surface area contributed by atoms with Crippen LogP contribution >= 0.6 is 22.6 Å². The number of halogens is 1. The standard InChI is InChI=1S/C21H23IN2O3S/c22-17-8-10-18(11-9-17)24(28(26,27)19-4-2-1-3-5-19)14-21(25)23-20-13-15-6-7-16(20)12-15/h1-5,8-11,15-16,20H,6-7,12-14H2,(H,23,25). The third-order valence-corrected chi connectivity index (χ3v) is 8.32. The lowest BCUT2D eigenvalue weighted by Crippen LogP contribution is -2.46. The molecule has 0 radical (unpaired) electrons. The molecule has 2 bridgehead atoms. The second kappa shape index (κ2) is 8.02. The Hall–Kier alpha value is -1.61. The molecule has 28 heavy (non-hydrogen) atoms. The van der Waals surface area contributed by atoms with Crippen molar-refractivity contribution in [3.8, 4) is 0 Å². The number of hydrogen-bond donors (Lipinski definition) is 1. The monoisotopic (exact) mass is 510 g/mol. The summed E-state index contributed by atoms with van der Waals surface area (Å²) in [6.45, 7) is -0.217. The SMILES string of the molecule is O=C(CN(c1ccc(I)cc1)S(=O)(=O)c1ccccc1)NC1CC2CCC1C2. The van der Waals surface area contributed by atoms with Crippen LogP contribution in [0.2, 0.25) is 0 Å². The largest absolute Gasteiger partial charge is 0.352 e. The Morgan fingerprint density at radius 2 is 1.75 bits per heavy atom. The highest BCUT2D eigenvalue weighted by Crippen LogP contribution is 2.44. The smallest absolute Gasteiger partial charge is 0.264 e. The Kier molecular flexibility index (Phi) is 5.64. The first kappa shape index (κ1) is 19.7. The molecule has 0 saturated heterocycles. The summed E-state index contributed by atoms with van der Waals surface area (Å²) < 4.78 is 28.7. The molecular weight excluding hydrogens is 487 g/mol. The van der Waals surface area contributed by atoms with E-state index in [-0.39, 0.29) is 23.4 Å². The van der Waals surface area contributed by atoms with Crippen molar-refractivity contribution in [1.29, 1.82) is 0 Å². The zero-order valence-corrected chi connectivity index (χ0v) is 18.4. The number of nitrogens with zero attached hydrogens (tertiary/aromatic N) is 1. The van der Waals surface area contributed by atoms with Gasteiger partial charge in [-0.2, -0.15) is 0 Å². The molecule has 1 amide bonds. The molecule has 3 unspecified atom stereocenters. The van der Waals surface area contributed by atoms with Crippen LogP contribution in [0.25, 0.3) is 0 Å². The van der Waals surface area contributed by atoms with Gasteiger partial charge in [-0.3, -0.25) is 9.10 Å². The molecular formula is C21H23IN2O3S. The Morgan fingerprint density at radius 3 is 2.36 bits per heavy atom. The Bertz CT molecular complexity index is 947. The highest BCUT2D eigenvalue weighted by Gasteiger charge is 2.40. The molecule has 148 valence electrons. The van der Waals surface area contributed by atoms with Gasteiger partial charge in [0.2, 0.25) is 5.91 Å². The number of rotatable bonds is 6. The van der Waals surface area contributed by atoms with Crippen LogP contribution in [-0.2, 0) is 14.8 Å². The summed E-state index contributed by atoms with van der Waals surface area (Å²) in [7, 11) is -3.84. The van der Waals surface area contributed by atoms with Crippen LogP contribution in [0, 0.1) is 15.4 Å². The minimum Gasteiger partial charge on any atom is -0.352 e. The predicted molar refractivity (Wildman–Crippen MR) is 118 cm³/mol. The lowest BCUT2D eigenvalue weighted by molar-refractivity contribution is -0.120. The highest BCUT2D eigenvalue weighted by molar-refractivity contribution is 14.1. The molecule has 4 rings (SSSR count). The third kappa shape index (κ3) is 4.05. The zero-order chi connectivity index (χ0) is 19.7. The zero-order valence-electron chi connectivity index (χ0n) is 15.4. The van der Waals surface area contributed by atoms with Gasteiger partial charge in [0.05, 0.1) is 10.6 Å². The first-order chi connectivity index (χ1) is 13.4. The van der Waals surface area contributed by atoms with Gasteiger partial charge < -0.3 is 5.32 Å². The molecule has 0 spiro atoms. The lowest BCUT2D eigenvalue weighted by atomic mass is 9.95. The molecule has 2 fully saturated rings. The number of carbonyl (C=O) groups excluding carboxylic acids is 1. The van der Waals surface area contributed by atoms with Crippen molar-refractivity contribution in [1.82, 2.24) is 5.32 Å². The van der Waals surface area contributed by atoms with E-state index < -0.39 is 10.0 Å². The second-order valence-electron chi connectivity index (χ2n) is 7.65. The maximum absolute atomic E-state index is 13.3. The molecule has 0 aromatic heterocycles. The van der Waals surface area contributed by atoms with E-state index in [1.54, 1.807) is 42.5 Å². The number of benzene rings is 2. The van der Waals surface area contributed by atoms with E-state index in [1.165, 1.54) is 23.6 Å². The number of amides is 1. The number of sulfonamides is 1. The van der Waals surface area contributed by atoms with E-state index in [0.717, 1.165) is 15.9 Å². The summed E-state index contributed by atoms with van der Waals surface area (Å²) in [5.41, 5.74) is 0.493. The van der Waals surface area contributed by atoms with Crippen LogP contribution in [0.4, 0.5) is 5.69 Å². The van der Waals surface area contributed by atoms with Gasteiger partial charge in [-0.15, -0.1) is 0 Å². The summed E-state index contributed by atoms with van der Waals surface area (Å²) >= 11 is 2.17. The van der Waals surface area contributed by atoms with E-state index in [0.29, 0.717) is 11.6 Å². The van der Waals surface area contributed by atoms with Crippen molar-refractivity contribution in [3.63, 3.8) is 0 Å². The van der Waals surface area contributed by atoms with Crippen LogP contribution in [0.5, 0.6) is 0 Å². The highest BCUT2D eigenvalue weighted by atomic mass is 127. The number of fused-ring (bicyclic) bond motifs is 2. The number of nitrogens with one attached hydrogen (secondary N) is 1. The van der Waals surface area contributed by atoms with Crippen molar-refractivity contribution in [2.45, 2.75) is 36.6 Å². The van der Waals surface area contributed by atoms with E-state index in [9.17, 15) is 13.2 Å². The average Bonchev–Trinajstić information content (AvgIpc) is 3.31. The van der Waals surface area contributed by atoms with E-state index in [4.69, 9.17) is 0 Å². The summed E-state index contributed by atoms with van der Waals surface area (Å²) in [6.07, 6.45) is 4.63. The minimum absolute atomic E-state index is 0.182. The summed E-state index contributed by atoms with van der Waals surface area (Å²) in [4.78, 5) is 13.0. The Labute approximate surface area is 179 Å². The molecule has 1 N–H and O–H groups in total. The molecule has 0 heterocycles. The van der Waals surface area contributed by atoms with Crippen LogP contribution in [0.1, 0.15) is 25.7 Å². The average molecular weight is 510 g/mol. The van der Waals surface area contributed by atoms with Gasteiger partial charge >= 0.3 is 0 Å². The van der Waals surface area contributed by atoms with Crippen LogP contribution in [-0.4, -0.2) is 26.9 Å². The molecule has 3 atom stereocenters. The molecule has 2 aliphatic rings. The van der Waals surface area contributed by atoms with Gasteiger partial charge in [0.25, 0.3) is 10.0 Å². The summed E-state index contributed by atoms with van der Waals surface area (Å²) in [6, 6.07) is 15.6. The maximum Gasteiger partial charge on any atom is 0.264 e. The van der Waals surface area contributed by atoms with Gasteiger partial charge in [-0.25, -0.2) is 8.42 Å². The second-order valence-corrected chi connectivity index (χ2v) is 10.8. The van der Waals surface area contributed by atoms with Crippen LogP contribution in [0.3, 0.4) is 0 Å². The minimum atomic E-state index is -3.84. The first-order valence-electron chi connectivity index (χ1n) is 9.56. The maximum atomic E-state index is 13.3. The van der Waals surface area contributed by atoms with Crippen molar-refractivity contribution in [2.75, 3.05) is 10.8 Å². The fraction of sp³-hybridized carbons (Fsp3) is 0.381. The van der Waals surface area contributed by atoms with Gasteiger partial charge in [0.1, 0.15) is 6.54 Å². The van der Waals surface area contributed by atoms with Crippen molar-refractivity contribution in [2.24, 2.45) is 11.8 Å². The van der Waals surface area contributed by atoms with Crippen molar-refractivity contribution >= 4 is 44.2 Å². The third-order valence-electron chi connectivity index (χ3n) is 5.82. The van der Waals surface area contributed by atoms with Gasteiger partial charge in [-0.05, 0) is 90.1 Å². The predicted octanol–water partition coefficient (Wildman–Crippen LogP) is 3.79. The molecule has 5 nitrogen and oxygen atoms in total. The molecule has 0 aliphatic heterocycles. The van der Waals surface area contributed by atoms with E-state index in [1.807, 2.05) is 12.1 Å². The van der Waals surface area contributed by atoms with Crippen molar-refractivity contribution < 1.29 is 13.2 Å². The van der Waals surface area contributed by atoms with Gasteiger partial charge in [-0.1, -0.05) is 24.6 Å². The number of anilines is 1. The Balaban J connectivity index is 1.58. The number of carbonyl (C=O) groups is 1. The fourth-order valence-corrected chi connectivity index (χ4v) is 6.25. The normalized spacial score (nSPS) is 23.5. The van der Waals surface area contributed by atoms with E-state index in [2.05, 4.69) is 27.9 Å². The quantitative estimate of drug-likeness (QED) is 0.602. The summed E-state index contributed by atoms with van der Waals surface area (Å²) in [5, 5.41) is 3.10. The first-order valence-corrected chi connectivity index (χ1v) is 12.1. The topological polar surface area (TPSA) is 66.5 Å². The molecule has 2 aliphatic carbocycles. The molecule has 2 aromatic rings. The molecule has 2 aromatic carbocycles. The molecule has 7 heteroatoms. The number of hydrogen-bond acceptors (Lipinski definition) is 3. The molecule has 2 saturated carbocycles. The van der Waals surface area contributed by atoms with E-state index >= 15 is 0 Å². The van der Waals surface area contributed by atoms with Gasteiger partial charge in [0.15, 0.2) is 0 Å².